The fraction of sp³-hybridized carbons (Fsp3) is 0.130. The Morgan fingerprint density at radius 1 is 1.14 bits per heavy atom. The van der Waals surface area contributed by atoms with E-state index in [-0.39, 0.29) is 22.0 Å². The van der Waals surface area contributed by atoms with Crippen molar-refractivity contribution in [1.29, 1.82) is 0 Å². The lowest BCUT2D eigenvalue weighted by atomic mass is 10.2. The average molecular weight is 542 g/mol. The maximum absolute atomic E-state index is 13.4. The number of hydrazone groups is 1. The van der Waals surface area contributed by atoms with E-state index in [1.807, 2.05) is 0 Å². The molecule has 3 aromatic rings. The number of phenolic OH excluding ortho intramolecular Hbond substituents is 1. The molecule has 0 saturated carbocycles. The molecule has 0 aromatic heterocycles. The lowest BCUT2D eigenvalue weighted by Gasteiger charge is -2.24. The number of carbonyl (C=O) groups excluding carboxylic acids is 1. The molecule has 0 aliphatic heterocycles. The molecule has 0 atom stereocenters. The van der Waals surface area contributed by atoms with E-state index < -0.39 is 44.9 Å². The number of ether oxygens (including phenoxy) is 1. The van der Waals surface area contributed by atoms with Gasteiger partial charge in [-0.2, -0.15) is 18.3 Å². The van der Waals surface area contributed by atoms with E-state index in [9.17, 15) is 31.5 Å². The lowest BCUT2D eigenvalue weighted by Crippen LogP contribution is -2.39. The molecule has 0 saturated heterocycles. The van der Waals surface area contributed by atoms with Gasteiger partial charge in [0.05, 0.1) is 34.5 Å². The molecule has 8 nitrogen and oxygen atoms in total. The Morgan fingerprint density at radius 3 is 2.47 bits per heavy atom. The molecule has 0 aliphatic carbocycles. The van der Waals surface area contributed by atoms with Gasteiger partial charge in [-0.3, -0.25) is 9.10 Å². The Morgan fingerprint density at radius 2 is 1.83 bits per heavy atom. The molecule has 0 aliphatic rings. The lowest BCUT2D eigenvalue weighted by molar-refractivity contribution is -0.137. The minimum atomic E-state index is -4.86. The third-order valence-electron chi connectivity index (χ3n) is 4.80. The Balaban J connectivity index is 1.93. The van der Waals surface area contributed by atoms with E-state index in [0.717, 1.165) is 18.3 Å². The molecule has 0 fully saturated rings. The standard InChI is InChI=1S/C23H19ClF3N3O5S/c1-35-20-9-5-6-15(22(20)32)13-28-29-21(31)14-30(36(33,34)17-7-3-2-4-8-17)16-10-11-19(24)18(12-16)23(25,26)27/h2-13,32H,14H2,1H3,(H,29,31)/b28-13-. The van der Waals surface area contributed by atoms with E-state index in [0.29, 0.717) is 10.4 Å². The van der Waals surface area contributed by atoms with Crippen molar-refractivity contribution in [3.8, 4) is 11.5 Å². The number of halogens is 4. The number of anilines is 1. The first-order valence-electron chi connectivity index (χ1n) is 10.1. The highest BCUT2D eigenvalue weighted by Gasteiger charge is 2.35. The molecule has 0 unspecified atom stereocenters. The van der Waals surface area contributed by atoms with E-state index in [4.69, 9.17) is 16.3 Å². The summed E-state index contributed by atoms with van der Waals surface area (Å²) in [4.78, 5) is 12.3. The van der Waals surface area contributed by atoms with Crippen LogP contribution in [0.1, 0.15) is 11.1 Å². The van der Waals surface area contributed by atoms with Gasteiger partial charge in [-0.05, 0) is 42.5 Å². The van der Waals surface area contributed by atoms with Gasteiger partial charge in [0.25, 0.3) is 15.9 Å². The Bertz CT molecular complexity index is 1380. The third-order valence-corrected chi connectivity index (χ3v) is 6.92. The van der Waals surface area contributed by atoms with E-state index in [1.54, 1.807) is 12.1 Å². The van der Waals surface area contributed by atoms with Crippen LogP contribution in [0.2, 0.25) is 5.02 Å². The first-order chi connectivity index (χ1) is 16.9. The van der Waals surface area contributed by atoms with Crippen molar-refractivity contribution in [2.75, 3.05) is 18.0 Å². The van der Waals surface area contributed by atoms with Crippen LogP contribution in [0.25, 0.3) is 0 Å². The van der Waals surface area contributed by atoms with Crippen molar-refractivity contribution >= 4 is 39.4 Å². The number of alkyl halides is 3. The molecular formula is C23H19ClF3N3O5S. The first-order valence-corrected chi connectivity index (χ1v) is 11.9. The van der Waals surface area contributed by atoms with E-state index in [2.05, 4.69) is 10.5 Å². The average Bonchev–Trinajstić information content (AvgIpc) is 2.84. The van der Waals surface area contributed by atoms with Gasteiger partial charge in [0, 0.05) is 5.56 Å². The van der Waals surface area contributed by atoms with Crippen molar-refractivity contribution in [3.63, 3.8) is 0 Å². The van der Waals surface area contributed by atoms with Gasteiger partial charge in [-0.25, -0.2) is 13.8 Å². The number of aromatic hydroxyl groups is 1. The zero-order chi connectivity index (χ0) is 26.5. The number of methoxy groups -OCH3 is 1. The number of benzene rings is 3. The fourth-order valence-corrected chi connectivity index (χ4v) is 4.73. The van der Waals surface area contributed by atoms with Crippen LogP contribution in [0.3, 0.4) is 0 Å². The van der Waals surface area contributed by atoms with Crippen molar-refractivity contribution in [3.05, 3.63) is 82.9 Å². The smallest absolute Gasteiger partial charge is 0.417 e. The van der Waals surface area contributed by atoms with E-state index >= 15 is 0 Å². The number of para-hydroxylation sites is 1. The first kappa shape index (κ1) is 26.8. The summed E-state index contributed by atoms with van der Waals surface area (Å²) in [6.07, 6.45) is -3.77. The van der Waals surface area contributed by atoms with Crippen LogP contribution in [0.5, 0.6) is 11.5 Å². The van der Waals surface area contributed by atoms with Gasteiger partial charge in [-0.15, -0.1) is 0 Å². The minimum absolute atomic E-state index is 0.161. The number of phenols is 1. The van der Waals surface area contributed by atoms with Crippen molar-refractivity contribution in [1.82, 2.24) is 5.43 Å². The summed E-state index contributed by atoms with van der Waals surface area (Å²) in [5.41, 5.74) is 0.598. The van der Waals surface area contributed by atoms with Crippen LogP contribution >= 0.6 is 11.6 Å². The Hall–Kier alpha value is -3.77. The normalized spacial score (nSPS) is 11.9. The molecule has 1 amide bonds. The van der Waals surface area contributed by atoms with E-state index in [1.165, 1.54) is 43.5 Å². The molecule has 3 rings (SSSR count). The molecule has 2 N–H and O–H groups in total. The topological polar surface area (TPSA) is 108 Å². The summed E-state index contributed by atoms with van der Waals surface area (Å²) in [6.45, 7) is -0.905. The van der Waals surface area contributed by atoms with Crippen LogP contribution in [0, 0.1) is 0 Å². The van der Waals surface area contributed by atoms with Crippen LogP contribution in [-0.2, 0) is 21.0 Å². The monoisotopic (exact) mass is 541 g/mol. The summed E-state index contributed by atoms with van der Waals surface area (Å²) >= 11 is 5.67. The second kappa shape index (κ2) is 10.9. The molecule has 0 radical (unpaired) electrons. The highest BCUT2D eigenvalue weighted by molar-refractivity contribution is 7.92. The van der Waals surface area contributed by atoms with Crippen LogP contribution < -0.4 is 14.5 Å². The summed E-state index contributed by atoms with van der Waals surface area (Å²) in [5, 5.41) is 13.1. The number of sulfonamides is 1. The molecule has 0 bridgehead atoms. The van der Waals surface area contributed by atoms with Gasteiger partial charge >= 0.3 is 6.18 Å². The molecular weight excluding hydrogens is 523 g/mol. The van der Waals surface area contributed by atoms with Crippen molar-refractivity contribution < 1.29 is 36.2 Å². The largest absolute Gasteiger partial charge is 0.504 e. The van der Waals surface area contributed by atoms with Crippen LogP contribution in [-0.4, -0.2) is 39.3 Å². The maximum Gasteiger partial charge on any atom is 0.417 e. The van der Waals surface area contributed by atoms with Gasteiger partial charge in [0.15, 0.2) is 11.5 Å². The molecule has 3 aromatic carbocycles. The highest BCUT2D eigenvalue weighted by atomic mass is 35.5. The zero-order valence-corrected chi connectivity index (χ0v) is 20.1. The second-order valence-corrected chi connectivity index (χ2v) is 9.45. The number of hydrogen-bond donors (Lipinski definition) is 2. The third kappa shape index (κ3) is 6.07. The number of nitrogens with zero attached hydrogens (tertiary/aromatic N) is 2. The number of carbonyl (C=O) groups is 1. The number of nitrogens with one attached hydrogen (secondary N) is 1. The molecule has 190 valence electrons. The quantitative estimate of drug-likeness (QED) is 0.324. The molecule has 0 spiro atoms. The maximum atomic E-state index is 13.4. The Labute approximate surface area is 209 Å². The van der Waals surface area contributed by atoms with Gasteiger partial charge < -0.3 is 9.84 Å². The molecule has 0 heterocycles. The SMILES string of the molecule is COc1cccc(/C=N\NC(=O)CN(c2ccc(Cl)c(C(F)(F)F)c2)S(=O)(=O)c2ccccc2)c1O. The fourth-order valence-electron chi connectivity index (χ4n) is 3.07. The summed E-state index contributed by atoms with van der Waals surface area (Å²) in [7, 11) is -3.12. The van der Waals surface area contributed by atoms with Crippen LogP contribution in [0.15, 0.2) is 76.7 Å². The highest BCUT2D eigenvalue weighted by Crippen LogP contribution is 2.38. The van der Waals surface area contributed by atoms with Crippen molar-refractivity contribution in [2.45, 2.75) is 11.1 Å². The Kier molecular flexibility index (Phi) is 8.10. The molecule has 36 heavy (non-hydrogen) atoms. The molecule has 13 heteroatoms. The van der Waals surface area contributed by atoms with Crippen LogP contribution in [0.4, 0.5) is 18.9 Å². The minimum Gasteiger partial charge on any atom is -0.504 e. The summed E-state index contributed by atoms with van der Waals surface area (Å²) in [5.74, 6) is -1.04. The number of rotatable bonds is 8. The van der Waals surface area contributed by atoms with Gasteiger partial charge in [0.1, 0.15) is 6.54 Å². The van der Waals surface area contributed by atoms with Crippen molar-refractivity contribution in [2.24, 2.45) is 5.10 Å². The number of amides is 1. The number of hydrogen-bond acceptors (Lipinski definition) is 6. The predicted octanol–water partition coefficient (Wildman–Crippen LogP) is 4.42. The van der Waals surface area contributed by atoms with Gasteiger partial charge in [0.2, 0.25) is 0 Å². The zero-order valence-electron chi connectivity index (χ0n) is 18.5. The summed E-state index contributed by atoms with van der Waals surface area (Å²) < 4.78 is 72.3. The van der Waals surface area contributed by atoms with Gasteiger partial charge in [-0.1, -0.05) is 35.9 Å². The summed E-state index contributed by atoms with van der Waals surface area (Å²) in [6, 6.07) is 13.9. The second-order valence-electron chi connectivity index (χ2n) is 7.18. The predicted molar refractivity (Wildman–Crippen MR) is 128 cm³/mol.